The number of rotatable bonds is 2. The summed E-state index contributed by atoms with van der Waals surface area (Å²) < 4.78 is 38.0. The number of allylic oxidation sites excluding steroid dienone is 1. The highest BCUT2D eigenvalue weighted by Gasteiger charge is 2.30. The van der Waals surface area contributed by atoms with Gasteiger partial charge in [0.15, 0.2) is 0 Å². The number of nitrogens with zero attached hydrogens (tertiary/aromatic N) is 1. The van der Waals surface area contributed by atoms with Crippen LogP contribution in [0.2, 0.25) is 0 Å². The minimum Gasteiger partial charge on any atom is -0.338 e. The molecule has 0 bridgehead atoms. The Morgan fingerprint density at radius 2 is 2.14 bits per heavy atom. The number of nitrogens with two attached hydrogens (primary N) is 1. The van der Waals surface area contributed by atoms with Gasteiger partial charge in [-0.3, -0.25) is 4.79 Å². The van der Waals surface area contributed by atoms with Crippen LogP contribution in [0.1, 0.15) is 24.5 Å². The highest BCUT2D eigenvalue weighted by molar-refractivity contribution is 5.95. The van der Waals surface area contributed by atoms with Crippen LogP contribution in [0, 0.1) is 0 Å². The summed E-state index contributed by atoms with van der Waals surface area (Å²) in [6.07, 6.45) is -2.27. The normalized spacial score (nSPS) is 20.0. The van der Waals surface area contributed by atoms with Gasteiger partial charge in [0.2, 0.25) is 5.91 Å². The Hall–Kier alpha value is -1.82. The minimum absolute atomic E-state index is 0.0174. The molecule has 21 heavy (non-hydrogen) atoms. The number of amides is 1. The molecule has 114 valence electrons. The minimum atomic E-state index is -4.39. The van der Waals surface area contributed by atoms with Gasteiger partial charge >= 0.3 is 6.18 Å². The second kappa shape index (κ2) is 5.89. The first-order valence-corrected chi connectivity index (χ1v) is 6.68. The van der Waals surface area contributed by atoms with Gasteiger partial charge in [-0.2, -0.15) is 13.2 Å². The number of hydrogen-bond donors (Lipinski definition) is 1. The Morgan fingerprint density at radius 1 is 1.43 bits per heavy atom. The van der Waals surface area contributed by atoms with Crippen molar-refractivity contribution in [1.82, 2.24) is 4.90 Å². The van der Waals surface area contributed by atoms with Crippen LogP contribution >= 0.6 is 0 Å². The molecular formula is C15H17F3N2O. The van der Waals surface area contributed by atoms with Gasteiger partial charge in [0.25, 0.3) is 0 Å². The third-order valence-electron chi connectivity index (χ3n) is 3.52. The number of halogens is 3. The van der Waals surface area contributed by atoms with Crippen LogP contribution in [0.5, 0.6) is 0 Å². The van der Waals surface area contributed by atoms with Crippen LogP contribution in [-0.2, 0) is 11.0 Å². The Morgan fingerprint density at radius 3 is 2.71 bits per heavy atom. The molecule has 1 fully saturated rings. The summed E-state index contributed by atoms with van der Waals surface area (Å²) in [5.41, 5.74) is 5.91. The van der Waals surface area contributed by atoms with Crippen LogP contribution in [0.4, 0.5) is 13.2 Å². The summed E-state index contributed by atoms with van der Waals surface area (Å²) in [4.78, 5) is 13.6. The number of benzene rings is 1. The fourth-order valence-electron chi connectivity index (χ4n) is 2.29. The summed E-state index contributed by atoms with van der Waals surface area (Å²) in [5.74, 6) is -0.210. The van der Waals surface area contributed by atoms with E-state index in [-0.39, 0.29) is 11.9 Å². The van der Waals surface area contributed by atoms with Crippen LogP contribution in [0.3, 0.4) is 0 Å². The van der Waals surface area contributed by atoms with Crippen molar-refractivity contribution in [3.05, 3.63) is 41.5 Å². The molecule has 1 amide bonds. The highest BCUT2D eigenvalue weighted by atomic mass is 19.4. The largest absolute Gasteiger partial charge is 0.416 e. The molecule has 0 aliphatic carbocycles. The molecule has 0 unspecified atom stereocenters. The molecule has 1 aromatic rings. The lowest BCUT2D eigenvalue weighted by molar-refractivity contribution is -0.137. The Bertz CT molecular complexity index is 566. The summed E-state index contributed by atoms with van der Waals surface area (Å²) >= 11 is 0. The van der Waals surface area contributed by atoms with Crippen molar-refractivity contribution in [2.75, 3.05) is 13.1 Å². The smallest absolute Gasteiger partial charge is 0.338 e. The van der Waals surface area contributed by atoms with E-state index < -0.39 is 11.7 Å². The van der Waals surface area contributed by atoms with Crippen LogP contribution in [0.25, 0.3) is 5.57 Å². The quantitative estimate of drug-likeness (QED) is 0.853. The standard InChI is InChI=1S/C15H17F3N2O/c1-10(7-14(21)20-6-5-13(19)9-20)11-3-2-4-12(8-11)15(16,17)18/h2-4,7-8,13H,5-6,9,19H2,1H3/b10-7-/t13-/m1/s1. The molecule has 3 nitrogen and oxygen atoms in total. The molecule has 0 spiro atoms. The van der Waals surface area contributed by atoms with Gasteiger partial charge < -0.3 is 10.6 Å². The van der Waals surface area contributed by atoms with Gasteiger partial charge in [0, 0.05) is 25.2 Å². The second-order valence-electron chi connectivity index (χ2n) is 5.24. The number of alkyl halides is 3. The first kappa shape index (κ1) is 15.6. The van der Waals surface area contributed by atoms with Gasteiger partial charge in [0.05, 0.1) is 5.56 Å². The van der Waals surface area contributed by atoms with E-state index in [0.717, 1.165) is 18.6 Å². The lowest BCUT2D eigenvalue weighted by Crippen LogP contribution is -2.30. The number of hydrogen-bond acceptors (Lipinski definition) is 2. The molecule has 2 N–H and O–H groups in total. The van der Waals surface area contributed by atoms with Gasteiger partial charge in [-0.1, -0.05) is 12.1 Å². The first-order valence-electron chi connectivity index (χ1n) is 6.68. The van der Waals surface area contributed by atoms with E-state index in [4.69, 9.17) is 5.73 Å². The Labute approximate surface area is 121 Å². The molecule has 1 aliphatic rings. The molecule has 0 saturated carbocycles. The molecule has 1 heterocycles. The van der Waals surface area contributed by atoms with Gasteiger partial charge in [0.1, 0.15) is 0 Å². The summed E-state index contributed by atoms with van der Waals surface area (Å²) in [7, 11) is 0. The van der Waals surface area contributed by atoms with E-state index in [2.05, 4.69) is 0 Å². The van der Waals surface area contributed by atoms with E-state index >= 15 is 0 Å². The van der Waals surface area contributed by atoms with Crippen molar-refractivity contribution in [3.63, 3.8) is 0 Å². The van der Waals surface area contributed by atoms with Crippen molar-refractivity contribution in [2.45, 2.75) is 25.6 Å². The van der Waals surface area contributed by atoms with Gasteiger partial charge in [-0.25, -0.2) is 0 Å². The number of likely N-dealkylation sites (tertiary alicyclic amines) is 1. The monoisotopic (exact) mass is 298 g/mol. The molecular weight excluding hydrogens is 281 g/mol. The van der Waals surface area contributed by atoms with Crippen molar-refractivity contribution in [3.8, 4) is 0 Å². The van der Waals surface area contributed by atoms with Crippen molar-refractivity contribution in [2.24, 2.45) is 5.73 Å². The van der Waals surface area contributed by atoms with Crippen LogP contribution < -0.4 is 5.73 Å². The van der Waals surface area contributed by atoms with E-state index in [1.54, 1.807) is 17.9 Å². The number of carbonyl (C=O) groups excluding carboxylic acids is 1. The topological polar surface area (TPSA) is 46.3 Å². The van der Waals surface area contributed by atoms with Crippen molar-refractivity contribution >= 4 is 11.5 Å². The van der Waals surface area contributed by atoms with E-state index in [1.165, 1.54) is 12.1 Å². The lowest BCUT2D eigenvalue weighted by atomic mass is 10.0. The third kappa shape index (κ3) is 3.85. The van der Waals surface area contributed by atoms with E-state index in [0.29, 0.717) is 24.2 Å². The molecule has 6 heteroatoms. The molecule has 2 rings (SSSR count). The zero-order valence-corrected chi connectivity index (χ0v) is 11.7. The fourth-order valence-corrected chi connectivity index (χ4v) is 2.29. The number of carbonyl (C=O) groups is 1. The predicted molar refractivity (Wildman–Crippen MR) is 74.3 cm³/mol. The van der Waals surface area contributed by atoms with Crippen LogP contribution in [-0.4, -0.2) is 29.9 Å². The van der Waals surface area contributed by atoms with Crippen molar-refractivity contribution in [1.29, 1.82) is 0 Å². The third-order valence-corrected chi connectivity index (χ3v) is 3.52. The Balaban J connectivity index is 2.17. The SMILES string of the molecule is C/C(=C/C(=O)N1CC[C@@H](N)C1)c1cccc(C(F)(F)F)c1. The van der Waals surface area contributed by atoms with Crippen molar-refractivity contribution < 1.29 is 18.0 Å². The van der Waals surface area contributed by atoms with Gasteiger partial charge in [-0.05, 0) is 36.6 Å². The van der Waals surface area contributed by atoms with Crippen LogP contribution in [0.15, 0.2) is 30.3 Å². The first-order chi connectivity index (χ1) is 9.77. The molecule has 0 aromatic heterocycles. The average molecular weight is 298 g/mol. The fraction of sp³-hybridized carbons (Fsp3) is 0.400. The molecule has 1 aromatic carbocycles. The second-order valence-corrected chi connectivity index (χ2v) is 5.24. The summed E-state index contributed by atoms with van der Waals surface area (Å²) in [6, 6.07) is 4.94. The Kier molecular flexibility index (Phi) is 4.37. The maximum absolute atomic E-state index is 12.7. The van der Waals surface area contributed by atoms with E-state index in [1.807, 2.05) is 0 Å². The summed E-state index contributed by atoms with van der Waals surface area (Å²) in [5, 5.41) is 0. The highest BCUT2D eigenvalue weighted by Crippen LogP contribution is 2.30. The molecule has 0 radical (unpaired) electrons. The molecule has 1 atom stereocenters. The predicted octanol–water partition coefficient (Wildman–Crippen LogP) is 2.67. The van der Waals surface area contributed by atoms with E-state index in [9.17, 15) is 18.0 Å². The molecule has 1 saturated heterocycles. The van der Waals surface area contributed by atoms with Gasteiger partial charge in [-0.15, -0.1) is 0 Å². The summed E-state index contributed by atoms with van der Waals surface area (Å²) in [6.45, 7) is 2.71. The average Bonchev–Trinajstić information content (AvgIpc) is 2.84. The maximum Gasteiger partial charge on any atom is 0.416 e. The maximum atomic E-state index is 12.7. The zero-order chi connectivity index (χ0) is 15.6. The lowest BCUT2D eigenvalue weighted by Gasteiger charge is -2.14. The zero-order valence-electron chi connectivity index (χ0n) is 11.7. The molecule has 1 aliphatic heterocycles.